The maximum atomic E-state index is 11.2. The second-order valence-electron chi connectivity index (χ2n) is 8.35. The SMILES string of the molecule is Cc1ccc(COC2CCCC2)cc1C.NC(=O)c1cc(-c2ccc(CO)nc2)cnc1N. The van der Waals surface area contributed by atoms with Crippen molar-refractivity contribution in [2.24, 2.45) is 5.73 Å². The van der Waals surface area contributed by atoms with Gasteiger partial charge in [0, 0.05) is 23.5 Å². The van der Waals surface area contributed by atoms with E-state index in [0.717, 1.165) is 12.2 Å². The molecule has 4 rings (SSSR count). The van der Waals surface area contributed by atoms with E-state index in [0.29, 0.717) is 17.4 Å². The van der Waals surface area contributed by atoms with Gasteiger partial charge in [0.15, 0.2) is 0 Å². The molecule has 1 aliphatic carbocycles. The lowest BCUT2D eigenvalue weighted by molar-refractivity contribution is 0.0456. The summed E-state index contributed by atoms with van der Waals surface area (Å²) >= 11 is 0. The van der Waals surface area contributed by atoms with Crippen LogP contribution in [0.5, 0.6) is 0 Å². The molecule has 0 spiro atoms. The number of anilines is 1. The predicted octanol–water partition coefficient (Wildman–Crippen LogP) is 4.08. The van der Waals surface area contributed by atoms with Gasteiger partial charge in [-0.2, -0.15) is 0 Å². The summed E-state index contributed by atoms with van der Waals surface area (Å²) in [4.78, 5) is 19.1. The Morgan fingerprint density at radius 2 is 1.76 bits per heavy atom. The molecule has 0 aliphatic heterocycles. The highest BCUT2D eigenvalue weighted by Gasteiger charge is 2.15. The average molecular weight is 449 g/mol. The molecule has 1 aliphatic rings. The van der Waals surface area contributed by atoms with Crippen molar-refractivity contribution in [1.82, 2.24) is 9.97 Å². The molecular formula is C26H32N4O3. The van der Waals surface area contributed by atoms with E-state index in [1.165, 1.54) is 48.6 Å². The topological polar surface area (TPSA) is 124 Å². The number of aliphatic hydroxyl groups is 1. The molecule has 174 valence electrons. The van der Waals surface area contributed by atoms with Gasteiger partial charge >= 0.3 is 0 Å². The van der Waals surface area contributed by atoms with E-state index < -0.39 is 5.91 Å². The molecular weight excluding hydrogens is 416 g/mol. The number of primary amides is 1. The number of nitrogens with two attached hydrogens (primary N) is 2. The van der Waals surface area contributed by atoms with Crippen LogP contribution in [0, 0.1) is 13.8 Å². The summed E-state index contributed by atoms with van der Waals surface area (Å²) in [5.41, 5.74) is 17.0. The number of aliphatic hydroxyl groups excluding tert-OH is 1. The molecule has 0 atom stereocenters. The number of amides is 1. The summed E-state index contributed by atoms with van der Waals surface area (Å²) < 4.78 is 5.88. The van der Waals surface area contributed by atoms with Crippen LogP contribution >= 0.6 is 0 Å². The van der Waals surface area contributed by atoms with Crippen LogP contribution in [0.1, 0.15) is 58.4 Å². The maximum Gasteiger partial charge on any atom is 0.252 e. The third-order valence-electron chi connectivity index (χ3n) is 5.86. The molecule has 0 radical (unpaired) electrons. The first kappa shape index (κ1) is 24.4. The lowest BCUT2D eigenvalue weighted by Crippen LogP contribution is -2.14. The molecule has 0 unspecified atom stereocenters. The van der Waals surface area contributed by atoms with Gasteiger partial charge in [-0.3, -0.25) is 9.78 Å². The highest BCUT2D eigenvalue weighted by Crippen LogP contribution is 2.23. The van der Waals surface area contributed by atoms with Gasteiger partial charge in [-0.1, -0.05) is 37.1 Å². The van der Waals surface area contributed by atoms with Crippen molar-refractivity contribution in [2.45, 2.75) is 58.8 Å². The second kappa shape index (κ2) is 11.5. The molecule has 2 heterocycles. The predicted molar refractivity (Wildman–Crippen MR) is 129 cm³/mol. The summed E-state index contributed by atoms with van der Waals surface area (Å²) in [6, 6.07) is 11.6. The van der Waals surface area contributed by atoms with E-state index in [1.54, 1.807) is 24.4 Å². The van der Waals surface area contributed by atoms with Crippen LogP contribution in [0.25, 0.3) is 11.1 Å². The lowest BCUT2D eigenvalue weighted by atomic mass is 10.1. The summed E-state index contributed by atoms with van der Waals surface area (Å²) in [6.07, 6.45) is 8.85. The fourth-order valence-corrected chi connectivity index (χ4v) is 3.68. The van der Waals surface area contributed by atoms with Crippen molar-refractivity contribution in [2.75, 3.05) is 5.73 Å². The first-order chi connectivity index (χ1) is 15.9. The Labute approximate surface area is 194 Å². The number of rotatable bonds is 6. The van der Waals surface area contributed by atoms with E-state index in [2.05, 4.69) is 42.0 Å². The zero-order valence-electron chi connectivity index (χ0n) is 19.3. The molecule has 1 saturated carbocycles. The van der Waals surface area contributed by atoms with Crippen LogP contribution < -0.4 is 11.5 Å². The van der Waals surface area contributed by atoms with Crippen LogP contribution in [0.15, 0.2) is 48.8 Å². The maximum absolute atomic E-state index is 11.2. The Kier molecular flexibility index (Phi) is 8.52. The Bertz CT molecular complexity index is 1080. The van der Waals surface area contributed by atoms with Gasteiger partial charge in [0.2, 0.25) is 0 Å². The van der Waals surface area contributed by atoms with Crippen LogP contribution in [0.2, 0.25) is 0 Å². The quantitative estimate of drug-likeness (QED) is 0.522. The third kappa shape index (κ3) is 6.84. The minimum absolute atomic E-state index is 0.103. The van der Waals surface area contributed by atoms with Crippen LogP contribution in [-0.2, 0) is 18.0 Å². The third-order valence-corrected chi connectivity index (χ3v) is 5.86. The number of pyridine rings is 2. The zero-order chi connectivity index (χ0) is 23.8. The Hall–Kier alpha value is -3.29. The number of nitrogens with zero attached hydrogens (tertiary/aromatic N) is 2. The molecule has 33 heavy (non-hydrogen) atoms. The summed E-state index contributed by atoms with van der Waals surface area (Å²) in [5.74, 6) is -0.520. The van der Waals surface area contributed by atoms with E-state index in [1.807, 2.05) is 0 Å². The Morgan fingerprint density at radius 3 is 2.36 bits per heavy atom. The normalized spacial score (nSPS) is 13.4. The first-order valence-electron chi connectivity index (χ1n) is 11.2. The average Bonchev–Trinajstić information content (AvgIpc) is 3.34. The number of aromatic nitrogens is 2. The Morgan fingerprint density at radius 1 is 1.03 bits per heavy atom. The van der Waals surface area contributed by atoms with Crippen molar-refractivity contribution in [3.05, 3.63) is 76.7 Å². The van der Waals surface area contributed by atoms with Crippen molar-refractivity contribution in [3.63, 3.8) is 0 Å². The number of hydrogen-bond donors (Lipinski definition) is 3. The summed E-state index contributed by atoms with van der Waals surface area (Å²) in [6.45, 7) is 4.98. The van der Waals surface area contributed by atoms with Gasteiger partial charge in [0.25, 0.3) is 5.91 Å². The lowest BCUT2D eigenvalue weighted by Gasteiger charge is -2.11. The van der Waals surface area contributed by atoms with Crippen LogP contribution in [0.4, 0.5) is 5.82 Å². The van der Waals surface area contributed by atoms with Gasteiger partial charge in [0.1, 0.15) is 5.82 Å². The van der Waals surface area contributed by atoms with E-state index in [4.69, 9.17) is 21.3 Å². The molecule has 1 aromatic carbocycles. The van der Waals surface area contributed by atoms with E-state index in [9.17, 15) is 4.79 Å². The van der Waals surface area contributed by atoms with Crippen LogP contribution in [0.3, 0.4) is 0 Å². The summed E-state index contributed by atoms with van der Waals surface area (Å²) in [7, 11) is 0. The molecule has 5 N–H and O–H groups in total. The second-order valence-corrected chi connectivity index (χ2v) is 8.35. The van der Waals surface area contributed by atoms with Crippen molar-refractivity contribution in [1.29, 1.82) is 0 Å². The highest BCUT2D eigenvalue weighted by atomic mass is 16.5. The first-order valence-corrected chi connectivity index (χ1v) is 11.2. The number of ether oxygens (including phenoxy) is 1. The van der Waals surface area contributed by atoms with Gasteiger partial charge in [-0.05, 0) is 55.5 Å². The van der Waals surface area contributed by atoms with E-state index >= 15 is 0 Å². The standard InChI is InChI=1S/C14H20O.C12H12N4O2/c1-11-7-8-13(9-12(11)2)10-15-14-5-3-4-6-14;13-11-10(12(14)18)3-8(5-16-11)7-1-2-9(6-17)15-4-7/h7-9,14H,3-6,10H2,1-2H3;1-5,17H,6H2,(H2,13,16)(H2,14,18). The molecule has 3 aromatic rings. The molecule has 0 bridgehead atoms. The molecule has 2 aromatic heterocycles. The minimum atomic E-state index is -0.623. The minimum Gasteiger partial charge on any atom is -0.390 e. The Balaban J connectivity index is 0.000000189. The fourth-order valence-electron chi connectivity index (χ4n) is 3.68. The van der Waals surface area contributed by atoms with Gasteiger partial charge in [-0.15, -0.1) is 0 Å². The van der Waals surface area contributed by atoms with Gasteiger partial charge < -0.3 is 21.3 Å². The van der Waals surface area contributed by atoms with Crippen molar-refractivity contribution in [3.8, 4) is 11.1 Å². The molecule has 7 heteroatoms. The number of carbonyl (C=O) groups excluding carboxylic acids is 1. The largest absolute Gasteiger partial charge is 0.390 e. The summed E-state index contributed by atoms with van der Waals surface area (Å²) in [5, 5.41) is 8.90. The van der Waals surface area contributed by atoms with Crippen LogP contribution in [-0.4, -0.2) is 27.1 Å². The molecule has 1 amide bonds. The number of hydrogen-bond acceptors (Lipinski definition) is 6. The number of carbonyl (C=O) groups is 1. The van der Waals surface area contributed by atoms with Crippen molar-refractivity contribution >= 4 is 11.7 Å². The highest BCUT2D eigenvalue weighted by molar-refractivity contribution is 5.98. The zero-order valence-corrected chi connectivity index (χ0v) is 19.3. The fraction of sp³-hybridized carbons (Fsp3) is 0.346. The molecule has 0 saturated heterocycles. The van der Waals surface area contributed by atoms with Gasteiger partial charge in [0.05, 0.1) is 30.6 Å². The number of benzene rings is 1. The van der Waals surface area contributed by atoms with Crippen molar-refractivity contribution < 1.29 is 14.6 Å². The monoisotopic (exact) mass is 448 g/mol. The molecule has 1 fully saturated rings. The van der Waals surface area contributed by atoms with E-state index in [-0.39, 0.29) is 18.0 Å². The number of nitrogen functional groups attached to an aromatic ring is 1. The number of aryl methyl sites for hydroxylation is 2. The van der Waals surface area contributed by atoms with Gasteiger partial charge in [-0.25, -0.2) is 4.98 Å². The smallest absolute Gasteiger partial charge is 0.252 e. The molecule has 7 nitrogen and oxygen atoms in total.